The van der Waals surface area contributed by atoms with Gasteiger partial charge in [-0.05, 0) is 45.7 Å². The summed E-state index contributed by atoms with van der Waals surface area (Å²) in [4.78, 5) is 23.7. The Labute approximate surface area is 143 Å². The van der Waals surface area contributed by atoms with Crippen LogP contribution in [-0.2, 0) is 9.53 Å². The number of nitrogens with zero attached hydrogens (tertiary/aromatic N) is 1. The molecule has 0 radical (unpaired) electrons. The molecule has 2 rings (SSSR count). The van der Waals surface area contributed by atoms with Crippen LogP contribution < -0.4 is 9.47 Å². The van der Waals surface area contributed by atoms with Gasteiger partial charge in [-0.15, -0.1) is 0 Å². The molecular weight excluding hydrogens is 310 g/mol. The third-order valence-corrected chi connectivity index (χ3v) is 3.39. The van der Waals surface area contributed by atoms with Crippen molar-refractivity contribution in [3.05, 3.63) is 23.8 Å². The Hall–Kier alpha value is -2.24. The molecule has 6 heteroatoms. The third-order valence-electron chi connectivity index (χ3n) is 3.39. The van der Waals surface area contributed by atoms with Gasteiger partial charge in [0.05, 0.1) is 14.2 Å². The topological polar surface area (TPSA) is 65.1 Å². The molecule has 0 aliphatic carbocycles. The van der Waals surface area contributed by atoms with Crippen molar-refractivity contribution in [2.75, 3.05) is 27.3 Å². The number of carbonyl (C=O) groups excluding carboxylic acids is 2. The van der Waals surface area contributed by atoms with Gasteiger partial charge in [0.25, 0.3) is 12.4 Å². The van der Waals surface area contributed by atoms with E-state index < -0.39 is 0 Å². The fraction of sp³-hybridized carbons (Fsp3) is 0.556. The summed E-state index contributed by atoms with van der Waals surface area (Å²) in [6.45, 7) is 7.61. The number of carbonyl (C=O) groups is 2. The maximum absolute atomic E-state index is 12.2. The number of hydrogen-bond donors (Lipinski definition) is 0. The minimum atomic E-state index is -0.318. The summed E-state index contributed by atoms with van der Waals surface area (Å²) >= 11 is 0. The zero-order valence-corrected chi connectivity index (χ0v) is 15.1. The van der Waals surface area contributed by atoms with E-state index in [-0.39, 0.29) is 11.5 Å². The Morgan fingerprint density at radius 1 is 1.04 bits per heavy atom. The highest BCUT2D eigenvalue weighted by atomic mass is 16.5. The van der Waals surface area contributed by atoms with Crippen LogP contribution in [-0.4, -0.2) is 50.2 Å². The lowest BCUT2D eigenvalue weighted by molar-refractivity contribution is -0.138. The van der Waals surface area contributed by atoms with Crippen molar-refractivity contribution in [2.24, 2.45) is 0 Å². The van der Waals surface area contributed by atoms with Crippen molar-refractivity contribution in [3.8, 4) is 11.5 Å². The third kappa shape index (κ3) is 6.48. The van der Waals surface area contributed by atoms with Crippen molar-refractivity contribution in [3.63, 3.8) is 0 Å². The second-order valence-corrected chi connectivity index (χ2v) is 6.43. The first-order chi connectivity index (χ1) is 11.3. The Bertz CT molecular complexity index is 523. The zero-order chi connectivity index (χ0) is 18.2. The van der Waals surface area contributed by atoms with Crippen LogP contribution in [0, 0.1) is 0 Å². The van der Waals surface area contributed by atoms with Crippen molar-refractivity contribution in [2.45, 2.75) is 39.2 Å². The molecule has 1 aromatic rings. The molecule has 134 valence electrons. The van der Waals surface area contributed by atoms with E-state index in [2.05, 4.69) is 4.74 Å². The lowest BCUT2D eigenvalue weighted by Crippen LogP contribution is -2.27. The monoisotopic (exact) mass is 337 g/mol. The molecule has 0 aromatic heterocycles. The summed E-state index contributed by atoms with van der Waals surface area (Å²) in [7, 11) is 3.16. The van der Waals surface area contributed by atoms with Crippen LogP contribution in [0.2, 0.25) is 0 Å². The molecule has 6 nitrogen and oxygen atoms in total. The van der Waals surface area contributed by atoms with Crippen LogP contribution in [0.1, 0.15) is 44.0 Å². The predicted octanol–water partition coefficient (Wildman–Crippen LogP) is 2.90. The first-order valence-corrected chi connectivity index (χ1v) is 7.94. The van der Waals surface area contributed by atoms with Gasteiger partial charge >= 0.3 is 0 Å². The molecule has 0 N–H and O–H groups in total. The summed E-state index contributed by atoms with van der Waals surface area (Å²) in [6.07, 6.45) is 2.18. The molecule has 24 heavy (non-hydrogen) atoms. The Kier molecular flexibility index (Phi) is 7.55. The van der Waals surface area contributed by atoms with Gasteiger partial charge in [-0.3, -0.25) is 9.59 Å². The van der Waals surface area contributed by atoms with Crippen molar-refractivity contribution < 1.29 is 23.8 Å². The maximum atomic E-state index is 12.2. The Balaban J connectivity index is 0.000000351. The molecule has 0 bridgehead atoms. The fourth-order valence-corrected chi connectivity index (χ4v) is 2.18. The summed E-state index contributed by atoms with van der Waals surface area (Å²) in [6, 6.07) is 5.27. The molecule has 0 unspecified atom stereocenters. The van der Waals surface area contributed by atoms with Crippen molar-refractivity contribution in [1.82, 2.24) is 4.90 Å². The van der Waals surface area contributed by atoms with E-state index in [9.17, 15) is 9.59 Å². The van der Waals surface area contributed by atoms with E-state index >= 15 is 0 Å². The number of hydrogen-bond acceptors (Lipinski definition) is 5. The molecular formula is C18H27NO5. The molecule has 1 amide bonds. The van der Waals surface area contributed by atoms with E-state index in [1.807, 2.05) is 25.7 Å². The Morgan fingerprint density at radius 2 is 1.54 bits per heavy atom. The standard InChI is InChI=1S/C13H17NO3.C5H10O2/c1-16-11-7-10(8-12(9-11)17-2)13(15)14-5-3-4-6-14;1-5(2,3)7-4-6/h7-9H,3-6H2,1-2H3;4H,1-3H3. The molecule has 1 aliphatic rings. The van der Waals surface area contributed by atoms with Crippen LogP contribution in [0.3, 0.4) is 0 Å². The first kappa shape index (κ1) is 19.8. The van der Waals surface area contributed by atoms with Gasteiger partial charge in [-0.2, -0.15) is 0 Å². The maximum Gasteiger partial charge on any atom is 0.293 e. The first-order valence-electron chi connectivity index (χ1n) is 7.94. The average Bonchev–Trinajstić information content (AvgIpc) is 3.07. The van der Waals surface area contributed by atoms with Gasteiger partial charge < -0.3 is 19.1 Å². The molecule has 0 saturated carbocycles. The molecule has 1 fully saturated rings. The smallest absolute Gasteiger partial charge is 0.293 e. The van der Waals surface area contributed by atoms with Gasteiger partial charge in [-0.25, -0.2) is 0 Å². The molecule has 0 atom stereocenters. The largest absolute Gasteiger partial charge is 0.497 e. The van der Waals surface area contributed by atoms with Crippen LogP contribution in [0.15, 0.2) is 18.2 Å². The minimum absolute atomic E-state index is 0.0553. The van der Waals surface area contributed by atoms with Crippen molar-refractivity contribution in [1.29, 1.82) is 0 Å². The number of benzene rings is 1. The van der Waals surface area contributed by atoms with Gasteiger partial charge in [0.2, 0.25) is 0 Å². The summed E-state index contributed by atoms with van der Waals surface area (Å²) in [5, 5.41) is 0. The average molecular weight is 337 g/mol. The molecule has 1 aromatic carbocycles. The second kappa shape index (κ2) is 9.15. The van der Waals surface area contributed by atoms with Crippen molar-refractivity contribution >= 4 is 12.4 Å². The van der Waals surface area contributed by atoms with Gasteiger partial charge in [0, 0.05) is 24.7 Å². The SMILES string of the molecule is CC(C)(C)OC=O.COc1cc(OC)cc(C(=O)N2CCCC2)c1. The summed E-state index contributed by atoms with van der Waals surface area (Å²) in [5.74, 6) is 1.35. The fourth-order valence-electron chi connectivity index (χ4n) is 2.18. The highest BCUT2D eigenvalue weighted by Gasteiger charge is 2.20. The summed E-state index contributed by atoms with van der Waals surface area (Å²) < 4.78 is 14.9. The van der Waals surface area contributed by atoms with E-state index in [1.54, 1.807) is 32.4 Å². The van der Waals surface area contributed by atoms with E-state index in [0.29, 0.717) is 23.5 Å². The number of ether oxygens (including phenoxy) is 3. The Morgan fingerprint density at radius 3 is 1.88 bits per heavy atom. The van der Waals surface area contributed by atoms with E-state index in [4.69, 9.17) is 9.47 Å². The van der Waals surface area contributed by atoms with E-state index in [0.717, 1.165) is 25.9 Å². The highest BCUT2D eigenvalue weighted by Crippen LogP contribution is 2.24. The number of methoxy groups -OCH3 is 2. The van der Waals surface area contributed by atoms with Crippen LogP contribution in [0.4, 0.5) is 0 Å². The normalized spacial score (nSPS) is 13.6. The molecule has 0 spiro atoms. The lowest BCUT2D eigenvalue weighted by atomic mass is 10.1. The molecule has 1 saturated heterocycles. The zero-order valence-electron chi connectivity index (χ0n) is 15.1. The number of likely N-dealkylation sites (tertiary alicyclic amines) is 1. The second-order valence-electron chi connectivity index (χ2n) is 6.43. The van der Waals surface area contributed by atoms with Gasteiger partial charge in [0.15, 0.2) is 0 Å². The van der Waals surface area contributed by atoms with Gasteiger partial charge in [0.1, 0.15) is 17.1 Å². The quantitative estimate of drug-likeness (QED) is 0.791. The van der Waals surface area contributed by atoms with Crippen LogP contribution >= 0.6 is 0 Å². The predicted molar refractivity (Wildman–Crippen MR) is 91.6 cm³/mol. The number of amides is 1. The molecule has 1 aliphatic heterocycles. The van der Waals surface area contributed by atoms with Crippen LogP contribution in [0.5, 0.6) is 11.5 Å². The minimum Gasteiger partial charge on any atom is -0.497 e. The summed E-state index contributed by atoms with van der Waals surface area (Å²) in [5.41, 5.74) is 0.310. The van der Waals surface area contributed by atoms with Gasteiger partial charge in [-0.1, -0.05) is 0 Å². The molecule has 1 heterocycles. The lowest BCUT2D eigenvalue weighted by Gasteiger charge is -2.16. The number of rotatable bonds is 4. The van der Waals surface area contributed by atoms with E-state index in [1.165, 1.54) is 0 Å². The highest BCUT2D eigenvalue weighted by molar-refractivity contribution is 5.95. The van der Waals surface area contributed by atoms with Crippen LogP contribution in [0.25, 0.3) is 0 Å².